The number of aromatic nitrogens is 3. The summed E-state index contributed by atoms with van der Waals surface area (Å²) in [6.07, 6.45) is 0. The summed E-state index contributed by atoms with van der Waals surface area (Å²) in [5.41, 5.74) is 7.89. The molecule has 3 heteroatoms. The number of benzene rings is 5. The molecule has 0 aliphatic rings. The van der Waals surface area contributed by atoms with Gasteiger partial charge in [0.15, 0.2) is 0 Å². The van der Waals surface area contributed by atoms with Crippen LogP contribution in [-0.2, 0) is 0 Å². The van der Waals surface area contributed by atoms with Crippen molar-refractivity contribution in [2.75, 3.05) is 0 Å². The zero-order chi connectivity index (χ0) is 24.5. The summed E-state index contributed by atoms with van der Waals surface area (Å²) in [6, 6.07) is 43.5. The highest BCUT2D eigenvalue weighted by Gasteiger charge is 2.21. The van der Waals surface area contributed by atoms with E-state index in [4.69, 9.17) is 5.10 Å². The van der Waals surface area contributed by atoms with Crippen LogP contribution in [0.1, 0.15) is 5.56 Å². The molecule has 0 bridgehead atoms. The molecule has 0 aliphatic heterocycles. The molecule has 0 saturated heterocycles. The van der Waals surface area contributed by atoms with Crippen molar-refractivity contribution in [3.8, 4) is 5.69 Å². The molecule has 3 heterocycles. The lowest BCUT2D eigenvalue weighted by molar-refractivity contribution is 0.923. The van der Waals surface area contributed by atoms with Crippen LogP contribution in [0.15, 0.2) is 121 Å². The highest BCUT2D eigenvalue weighted by atomic mass is 15.3. The van der Waals surface area contributed by atoms with Gasteiger partial charge in [-0.15, -0.1) is 0 Å². The smallest absolute Gasteiger partial charge is 0.120 e. The van der Waals surface area contributed by atoms with E-state index in [1.807, 2.05) is 0 Å². The number of para-hydroxylation sites is 3. The van der Waals surface area contributed by atoms with Crippen molar-refractivity contribution < 1.29 is 0 Å². The van der Waals surface area contributed by atoms with Crippen LogP contribution in [0.3, 0.4) is 0 Å². The Hall–Kier alpha value is -4.89. The third-order valence-corrected chi connectivity index (χ3v) is 7.66. The normalized spacial score (nSPS) is 11.9. The zero-order valence-electron chi connectivity index (χ0n) is 20.4. The average Bonchev–Trinajstić information content (AvgIpc) is 3.49. The lowest BCUT2D eigenvalue weighted by Gasteiger charge is -2.09. The Kier molecular flexibility index (Phi) is 4.15. The van der Waals surface area contributed by atoms with Gasteiger partial charge in [-0.2, -0.15) is 5.10 Å². The Balaban J connectivity index is 1.84. The molecular weight excluding hydrogens is 450 g/mol. The van der Waals surface area contributed by atoms with Gasteiger partial charge in [0.2, 0.25) is 0 Å². The summed E-state index contributed by atoms with van der Waals surface area (Å²) in [5.74, 6) is 0. The van der Waals surface area contributed by atoms with Crippen molar-refractivity contribution in [1.82, 2.24) is 14.2 Å². The SMILES string of the molecule is Cc1ccccc1-n1nc2c3ccccc3n3c4ccccc4c4ccccc4c4ccccc4c1c23. The Morgan fingerprint density at radius 3 is 1.65 bits per heavy atom. The van der Waals surface area contributed by atoms with Crippen molar-refractivity contribution in [2.45, 2.75) is 6.92 Å². The molecule has 3 nitrogen and oxygen atoms in total. The van der Waals surface area contributed by atoms with E-state index in [2.05, 4.69) is 137 Å². The van der Waals surface area contributed by atoms with E-state index in [1.54, 1.807) is 0 Å². The Bertz CT molecular complexity index is 2210. The Morgan fingerprint density at radius 1 is 0.459 bits per heavy atom. The quantitative estimate of drug-likeness (QED) is 0.234. The molecule has 0 saturated carbocycles. The third kappa shape index (κ3) is 2.74. The molecule has 0 fully saturated rings. The van der Waals surface area contributed by atoms with Crippen LogP contribution in [0.25, 0.3) is 65.6 Å². The van der Waals surface area contributed by atoms with Gasteiger partial charge in [-0.05, 0) is 46.8 Å². The first-order valence-electron chi connectivity index (χ1n) is 12.7. The molecule has 0 spiro atoms. The number of hydrogen-bond donors (Lipinski definition) is 0. The first-order chi connectivity index (χ1) is 18.3. The van der Waals surface area contributed by atoms with Crippen LogP contribution in [-0.4, -0.2) is 14.2 Å². The van der Waals surface area contributed by atoms with Crippen molar-refractivity contribution in [1.29, 1.82) is 0 Å². The van der Waals surface area contributed by atoms with Gasteiger partial charge in [0.05, 0.1) is 22.2 Å². The van der Waals surface area contributed by atoms with Gasteiger partial charge in [-0.25, -0.2) is 4.68 Å². The van der Waals surface area contributed by atoms with Crippen LogP contribution < -0.4 is 0 Å². The summed E-state index contributed by atoms with van der Waals surface area (Å²) in [6.45, 7) is 2.16. The van der Waals surface area contributed by atoms with Crippen LogP contribution in [0.5, 0.6) is 0 Å². The minimum Gasteiger partial charge on any atom is -0.305 e. The van der Waals surface area contributed by atoms with Gasteiger partial charge in [0.25, 0.3) is 0 Å². The minimum atomic E-state index is 1.02. The number of rotatable bonds is 1. The summed E-state index contributed by atoms with van der Waals surface area (Å²) in [7, 11) is 0. The lowest BCUT2D eigenvalue weighted by Crippen LogP contribution is -1.99. The highest BCUT2D eigenvalue weighted by Crippen LogP contribution is 2.39. The van der Waals surface area contributed by atoms with E-state index in [-0.39, 0.29) is 0 Å². The summed E-state index contributed by atoms with van der Waals surface area (Å²) < 4.78 is 4.59. The third-order valence-electron chi connectivity index (χ3n) is 7.66. The van der Waals surface area contributed by atoms with E-state index < -0.39 is 0 Å². The number of nitrogens with zero attached hydrogens (tertiary/aromatic N) is 3. The van der Waals surface area contributed by atoms with Gasteiger partial charge in [0, 0.05) is 16.2 Å². The second-order valence-corrected chi connectivity index (χ2v) is 9.70. The maximum absolute atomic E-state index is 5.34. The lowest BCUT2D eigenvalue weighted by atomic mass is 10.0. The first-order valence-corrected chi connectivity index (χ1v) is 12.7. The monoisotopic (exact) mass is 473 g/mol. The standard InChI is InChI=1S/C34H23N3/c1-22-12-2-9-19-29(22)37-33-27-17-6-5-15-25(27)23-13-3-4-14-24(23)26-16-7-10-20-30(26)36-31-21-11-8-18-28(31)32(35-37)34(33)36/h2-21H,1H3. The van der Waals surface area contributed by atoms with Crippen molar-refractivity contribution in [3.05, 3.63) is 127 Å². The molecule has 174 valence electrons. The molecule has 0 radical (unpaired) electrons. The topological polar surface area (TPSA) is 22.2 Å². The number of aryl methyl sites for hydroxylation is 1. The molecule has 8 aromatic rings. The molecule has 3 aromatic heterocycles. The molecule has 0 unspecified atom stereocenters. The zero-order valence-corrected chi connectivity index (χ0v) is 20.4. The highest BCUT2D eigenvalue weighted by molar-refractivity contribution is 6.24. The molecular formula is C34H23N3. The summed E-state index contributed by atoms with van der Waals surface area (Å²) in [5, 5.41) is 12.6. The van der Waals surface area contributed by atoms with E-state index in [9.17, 15) is 0 Å². The molecule has 8 rings (SSSR count). The second-order valence-electron chi connectivity index (χ2n) is 9.70. The van der Waals surface area contributed by atoms with Gasteiger partial charge in [-0.1, -0.05) is 103 Å². The predicted octanol–water partition coefficient (Wildman–Crippen LogP) is 8.76. The first kappa shape index (κ1) is 20.3. The van der Waals surface area contributed by atoms with E-state index in [1.165, 1.54) is 43.5 Å². The molecule has 37 heavy (non-hydrogen) atoms. The summed E-state index contributed by atoms with van der Waals surface area (Å²) >= 11 is 0. The minimum absolute atomic E-state index is 1.02. The predicted molar refractivity (Wildman–Crippen MR) is 156 cm³/mol. The fraction of sp³-hybridized carbons (Fsp3) is 0.0294. The van der Waals surface area contributed by atoms with E-state index >= 15 is 0 Å². The second kappa shape index (κ2) is 7.55. The summed E-state index contributed by atoms with van der Waals surface area (Å²) in [4.78, 5) is 0. The van der Waals surface area contributed by atoms with E-state index in [0.29, 0.717) is 0 Å². The number of hydrogen-bond acceptors (Lipinski definition) is 1. The van der Waals surface area contributed by atoms with Crippen molar-refractivity contribution in [2.24, 2.45) is 0 Å². The Labute approximate surface area is 213 Å². The van der Waals surface area contributed by atoms with Gasteiger partial charge in [0.1, 0.15) is 11.0 Å². The largest absolute Gasteiger partial charge is 0.305 e. The molecule has 0 atom stereocenters. The van der Waals surface area contributed by atoms with Crippen LogP contribution in [0.4, 0.5) is 0 Å². The van der Waals surface area contributed by atoms with Gasteiger partial charge in [-0.3, -0.25) is 0 Å². The number of fused-ring (bicyclic) bond motifs is 10. The maximum atomic E-state index is 5.34. The molecule has 0 N–H and O–H groups in total. The van der Waals surface area contributed by atoms with Gasteiger partial charge >= 0.3 is 0 Å². The van der Waals surface area contributed by atoms with Crippen molar-refractivity contribution in [3.63, 3.8) is 0 Å². The van der Waals surface area contributed by atoms with Crippen LogP contribution in [0.2, 0.25) is 0 Å². The molecule has 5 aromatic carbocycles. The van der Waals surface area contributed by atoms with Crippen LogP contribution in [0, 0.1) is 6.92 Å². The van der Waals surface area contributed by atoms with Gasteiger partial charge < -0.3 is 4.40 Å². The maximum Gasteiger partial charge on any atom is 0.120 e. The van der Waals surface area contributed by atoms with Crippen LogP contribution >= 0.6 is 0 Å². The van der Waals surface area contributed by atoms with E-state index in [0.717, 1.165) is 27.6 Å². The Morgan fingerprint density at radius 2 is 0.946 bits per heavy atom. The molecule has 0 aliphatic carbocycles. The van der Waals surface area contributed by atoms with Crippen molar-refractivity contribution >= 4 is 59.9 Å². The fourth-order valence-corrected chi connectivity index (χ4v) is 6.03. The molecule has 0 amide bonds. The average molecular weight is 474 g/mol. The fourth-order valence-electron chi connectivity index (χ4n) is 6.03.